The molecule has 7 aromatic heterocycles. The number of hydrogen-bond acceptors (Lipinski definition) is 13. The van der Waals surface area contributed by atoms with Crippen molar-refractivity contribution in [3.05, 3.63) is 149 Å². The van der Waals surface area contributed by atoms with Crippen LogP contribution in [0.15, 0.2) is 118 Å². The summed E-state index contributed by atoms with van der Waals surface area (Å²) in [5.41, 5.74) is 6.14. The molecule has 2 aliphatic heterocycles. The molecule has 3 aliphatic rings. The van der Waals surface area contributed by atoms with E-state index in [0.717, 1.165) is 27.2 Å². The van der Waals surface area contributed by atoms with E-state index in [4.69, 9.17) is 28.3 Å². The molecule has 2 amide bonds. The summed E-state index contributed by atoms with van der Waals surface area (Å²) in [6.07, 6.45) is 3.79. The monoisotopic (exact) mass is 1170 g/mol. The Bertz CT molecular complexity index is 4960. The largest absolute Gasteiger partial charge is 0.470 e. The Hall–Kier alpha value is -9.68. The molecule has 424 valence electrons. The van der Waals surface area contributed by atoms with Crippen molar-refractivity contribution in [1.82, 2.24) is 34.7 Å². The number of nitrogens with one attached hydrogen (secondary N) is 2. The first kappa shape index (κ1) is 52.4. The van der Waals surface area contributed by atoms with Gasteiger partial charge in [0, 0.05) is 90.7 Å². The Morgan fingerprint density at radius 1 is 0.619 bits per heavy atom. The summed E-state index contributed by atoms with van der Waals surface area (Å²) >= 11 is 0. The summed E-state index contributed by atoms with van der Waals surface area (Å²) in [5.74, 6) is -2.22. The number of ether oxygens (including phenoxy) is 2. The highest BCUT2D eigenvalue weighted by atomic mass is 32.2. The summed E-state index contributed by atoms with van der Waals surface area (Å²) in [7, 11) is -2.08. The van der Waals surface area contributed by atoms with Gasteiger partial charge in [0.15, 0.2) is 13.5 Å². The van der Waals surface area contributed by atoms with Gasteiger partial charge in [-0.2, -0.15) is 4.39 Å². The summed E-state index contributed by atoms with van der Waals surface area (Å²) in [6.45, 7) is 0.0978. The Morgan fingerprint density at radius 2 is 1.18 bits per heavy atom. The van der Waals surface area contributed by atoms with E-state index in [9.17, 15) is 30.8 Å². The zero-order chi connectivity index (χ0) is 58.6. The van der Waals surface area contributed by atoms with Crippen molar-refractivity contribution in [2.75, 3.05) is 49.3 Å². The molecule has 2 N–H and O–H groups in total. The molecule has 1 saturated carbocycles. The fourth-order valence-corrected chi connectivity index (χ4v) is 12.7. The second kappa shape index (κ2) is 18.7. The molecule has 1 aliphatic carbocycles. The van der Waals surface area contributed by atoms with E-state index in [1.54, 1.807) is 71.3 Å². The number of anilines is 2. The predicted molar refractivity (Wildman–Crippen MR) is 308 cm³/mol. The summed E-state index contributed by atoms with van der Waals surface area (Å²) < 4.78 is 130. The zero-order valence-electron chi connectivity index (χ0n) is 45.3. The topological polar surface area (TPSA) is 226 Å². The average Bonchev–Trinajstić information content (AvgIpc) is 1.77. The normalized spacial score (nSPS) is 15.3. The van der Waals surface area contributed by atoms with Gasteiger partial charge in [0.1, 0.15) is 57.2 Å². The number of carbonyl (C=O) groups excluding carboxylic acids is 2. The van der Waals surface area contributed by atoms with Gasteiger partial charge < -0.3 is 38.1 Å². The van der Waals surface area contributed by atoms with Gasteiger partial charge in [0.2, 0.25) is 26.0 Å². The molecular weight excluding hydrogens is 1130 g/mol. The fraction of sp³-hybridized carbons (Fsp3) is 0.183. The molecule has 1 fully saturated rings. The number of halogens is 3. The van der Waals surface area contributed by atoms with E-state index >= 15 is 8.78 Å². The first-order chi connectivity index (χ1) is 40.2. The van der Waals surface area contributed by atoms with Crippen LogP contribution in [0, 0.1) is 17.6 Å². The van der Waals surface area contributed by atoms with Crippen molar-refractivity contribution in [2.24, 2.45) is 0 Å². The molecule has 0 spiro atoms. The summed E-state index contributed by atoms with van der Waals surface area (Å²) in [5, 5.41) is 6.70. The van der Waals surface area contributed by atoms with Crippen molar-refractivity contribution < 1.29 is 57.9 Å². The number of furan rings is 2. The van der Waals surface area contributed by atoms with Gasteiger partial charge in [-0.25, -0.2) is 40.6 Å². The van der Waals surface area contributed by atoms with Crippen molar-refractivity contribution in [2.45, 2.75) is 31.7 Å². The van der Waals surface area contributed by atoms with Gasteiger partial charge in [-0.1, -0.05) is 6.07 Å². The van der Waals surface area contributed by atoms with Gasteiger partial charge in [-0.05, 0) is 103 Å². The lowest BCUT2D eigenvalue weighted by Gasteiger charge is -2.23. The number of fused-ring (bicyclic) bond motifs is 12. The number of pyridine rings is 3. The number of amides is 2. The van der Waals surface area contributed by atoms with Gasteiger partial charge >= 0.3 is 0 Å². The van der Waals surface area contributed by atoms with Crippen molar-refractivity contribution >= 4 is 87.0 Å². The van der Waals surface area contributed by atoms with Crippen LogP contribution in [0.1, 0.15) is 50.3 Å². The van der Waals surface area contributed by atoms with Crippen LogP contribution >= 0.6 is 0 Å². The molecule has 2 atom stereocenters. The number of aromatic nitrogens is 5. The third kappa shape index (κ3) is 8.16. The molecule has 4 aromatic carbocycles. The first-order valence-corrected chi connectivity index (χ1v) is 29.9. The fourth-order valence-electron chi connectivity index (χ4n) is 11.6. The van der Waals surface area contributed by atoms with Crippen LogP contribution in [0.5, 0.6) is 11.5 Å². The van der Waals surface area contributed by atoms with Crippen molar-refractivity contribution in [3.63, 3.8) is 0 Å². The van der Waals surface area contributed by atoms with E-state index in [1.807, 2.05) is 10.6 Å². The zero-order valence-corrected chi connectivity index (χ0v) is 47.0. The molecule has 84 heavy (non-hydrogen) atoms. The van der Waals surface area contributed by atoms with Crippen LogP contribution in [0.25, 0.3) is 100 Å². The highest BCUT2D eigenvalue weighted by Crippen LogP contribution is 2.58. The minimum Gasteiger partial charge on any atom is -0.470 e. The number of rotatable bonds is 11. The molecular formula is C60H46F3N9O10S2. The highest BCUT2D eigenvalue weighted by molar-refractivity contribution is 7.92. The molecule has 24 heteroatoms. The molecule has 0 saturated heterocycles. The Morgan fingerprint density at radius 3 is 1.75 bits per heavy atom. The minimum atomic E-state index is -3.90. The molecule has 2 unspecified atom stereocenters. The maximum atomic E-state index is 16.8. The lowest BCUT2D eigenvalue weighted by atomic mass is 10.00. The smallest absolute Gasteiger partial charge is 0.255 e. The lowest BCUT2D eigenvalue weighted by molar-refractivity contribution is 0.0955. The summed E-state index contributed by atoms with van der Waals surface area (Å²) in [4.78, 5) is 41.5. The van der Waals surface area contributed by atoms with Crippen LogP contribution in [0.2, 0.25) is 0 Å². The third-order valence-electron chi connectivity index (χ3n) is 16.1. The van der Waals surface area contributed by atoms with Crippen LogP contribution in [0.4, 0.5) is 24.5 Å². The first-order valence-electron chi connectivity index (χ1n) is 26.2. The van der Waals surface area contributed by atoms with E-state index in [2.05, 4.69) is 15.6 Å². The predicted octanol–water partition coefficient (Wildman–Crippen LogP) is 10.5. The SMILES string of the molecule is CNC(=O)c1c(-c2ccc(F)nc2)oc2cc(N(C)S(C)(=O)=O)c(-c3ccc4c(n3)-c3cc5c(F)cc(C6CC6c6oc7cc(N(C)S(C)(=O)=O)c(-c8ccc9c(n8)-c8cc%10c(F)cccc%10n8CO9)cc7c6C(=O)NC)cc5n3CO4)cc12. The number of hydrogen-bond donors (Lipinski definition) is 2. The number of sulfonamides is 2. The third-order valence-corrected chi connectivity index (χ3v) is 18.5. The van der Waals surface area contributed by atoms with Gasteiger partial charge in [0.05, 0.1) is 68.8 Å². The highest BCUT2D eigenvalue weighted by Gasteiger charge is 2.46. The Balaban J connectivity index is 0.847. The quantitative estimate of drug-likeness (QED) is 0.115. The van der Waals surface area contributed by atoms with Crippen molar-refractivity contribution in [3.8, 4) is 68.1 Å². The van der Waals surface area contributed by atoms with E-state index in [0.29, 0.717) is 102 Å². The molecule has 9 heterocycles. The van der Waals surface area contributed by atoms with Crippen LogP contribution in [0.3, 0.4) is 0 Å². The standard InChI is InChI=1S/C60H46F3N9O10S2/c1-64-59(73)53-36-19-34(43(69(3)83(5,75)76)23-50(36)81-57(53)28-10-15-52(63)66-25-28)40-12-14-49-56(68-40)47-22-33-39(62)16-29(17-45(33)72(47)27-80-49)30-18-31(30)58-54(60(74)65-2)37-20-35(44(24-51(37)82-58)70(4)84(6,77)78)41-11-13-48-55(67-41)46-21-32-38(61)8-7-9-42(32)71(46)26-79-48/h7-17,19-25,30-31H,18,26-27H2,1-6H3,(H,64,73)(H,65,74). The van der Waals surface area contributed by atoms with Gasteiger partial charge in [-0.3, -0.25) is 18.2 Å². The maximum Gasteiger partial charge on any atom is 0.255 e. The molecule has 19 nitrogen and oxygen atoms in total. The lowest BCUT2D eigenvalue weighted by Crippen LogP contribution is -2.25. The molecule has 14 rings (SSSR count). The van der Waals surface area contributed by atoms with Crippen molar-refractivity contribution in [1.29, 1.82) is 0 Å². The second-order valence-electron chi connectivity index (χ2n) is 21.0. The molecule has 11 aromatic rings. The van der Waals surface area contributed by atoms with Gasteiger partial charge in [-0.15, -0.1) is 0 Å². The van der Waals surface area contributed by atoms with Crippen LogP contribution < -0.4 is 28.7 Å². The summed E-state index contributed by atoms with van der Waals surface area (Å²) in [6, 6.07) is 27.1. The van der Waals surface area contributed by atoms with E-state index in [1.165, 1.54) is 58.7 Å². The average molecular weight is 1170 g/mol. The van der Waals surface area contributed by atoms with Crippen LogP contribution in [-0.4, -0.2) is 93.4 Å². The number of nitrogens with zero attached hydrogens (tertiary/aromatic N) is 7. The number of benzene rings is 4. The molecule has 0 bridgehead atoms. The van der Waals surface area contributed by atoms with Gasteiger partial charge in [0.25, 0.3) is 11.8 Å². The van der Waals surface area contributed by atoms with Crippen LogP contribution in [-0.2, 0) is 33.5 Å². The van der Waals surface area contributed by atoms with E-state index in [-0.39, 0.29) is 69.9 Å². The molecule has 0 radical (unpaired) electrons. The second-order valence-corrected chi connectivity index (χ2v) is 25.0. The minimum absolute atomic E-state index is 0.0193. The van der Waals surface area contributed by atoms with E-state index < -0.39 is 55.4 Å². The Labute approximate surface area is 476 Å². The Kier molecular flexibility index (Phi) is 11.6. The maximum absolute atomic E-state index is 16.8. The number of carbonyl (C=O) groups is 2.